The van der Waals surface area contributed by atoms with Crippen LogP contribution in [0.3, 0.4) is 0 Å². The van der Waals surface area contributed by atoms with Crippen molar-refractivity contribution in [1.82, 2.24) is 5.32 Å². The highest BCUT2D eigenvalue weighted by Crippen LogP contribution is 2.51. The first-order valence-corrected chi connectivity index (χ1v) is 7.09. The van der Waals surface area contributed by atoms with Crippen LogP contribution in [0.4, 0.5) is 8.78 Å². The molecule has 1 nitrogen and oxygen atoms in total. The Kier molecular flexibility index (Phi) is 4.07. The SMILES string of the molecule is CC(C)C1(CNCc2c(F)ccc(Br)c2F)CC1. The third kappa shape index (κ3) is 2.75. The Labute approximate surface area is 115 Å². The molecule has 0 amide bonds. The van der Waals surface area contributed by atoms with Crippen LogP contribution in [0, 0.1) is 23.0 Å². The fourth-order valence-electron chi connectivity index (χ4n) is 2.29. The molecule has 0 aromatic heterocycles. The van der Waals surface area contributed by atoms with E-state index in [4.69, 9.17) is 0 Å². The van der Waals surface area contributed by atoms with Gasteiger partial charge in [-0.1, -0.05) is 13.8 Å². The van der Waals surface area contributed by atoms with Gasteiger partial charge < -0.3 is 5.32 Å². The second kappa shape index (κ2) is 5.25. The largest absolute Gasteiger partial charge is 0.312 e. The first-order valence-electron chi connectivity index (χ1n) is 6.29. The van der Waals surface area contributed by atoms with Crippen molar-refractivity contribution in [1.29, 1.82) is 0 Å². The lowest BCUT2D eigenvalue weighted by atomic mass is 9.92. The predicted molar refractivity (Wildman–Crippen MR) is 72.3 cm³/mol. The second-order valence-electron chi connectivity index (χ2n) is 5.44. The summed E-state index contributed by atoms with van der Waals surface area (Å²) in [5.41, 5.74) is 0.461. The van der Waals surface area contributed by atoms with Gasteiger partial charge in [-0.3, -0.25) is 0 Å². The Hall–Kier alpha value is -0.480. The Morgan fingerprint density at radius 2 is 2.00 bits per heavy atom. The van der Waals surface area contributed by atoms with Gasteiger partial charge in [0.15, 0.2) is 0 Å². The summed E-state index contributed by atoms with van der Waals surface area (Å²) in [5, 5.41) is 3.19. The molecule has 1 aliphatic carbocycles. The van der Waals surface area contributed by atoms with Gasteiger partial charge >= 0.3 is 0 Å². The van der Waals surface area contributed by atoms with Gasteiger partial charge in [0.2, 0.25) is 0 Å². The number of rotatable bonds is 5. The lowest BCUT2D eigenvalue weighted by molar-refractivity contribution is 0.335. The summed E-state index contributed by atoms with van der Waals surface area (Å²) in [5.74, 6) is -0.378. The quantitative estimate of drug-likeness (QED) is 0.800. The van der Waals surface area contributed by atoms with Crippen LogP contribution in [0.25, 0.3) is 0 Å². The summed E-state index contributed by atoms with van der Waals surface area (Å²) in [7, 11) is 0. The van der Waals surface area contributed by atoms with Crippen LogP contribution in [0.2, 0.25) is 0 Å². The van der Waals surface area contributed by atoms with Crippen molar-refractivity contribution in [3.63, 3.8) is 0 Å². The van der Waals surface area contributed by atoms with E-state index in [2.05, 4.69) is 35.1 Å². The Morgan fingerprint density at radius 3 is 2.56 bits per heavy atom. The molecule has 1 N–H and O–H groups in total. The average molecular weight is 318 g/mol. The van der Waals surface area contributed by atoms with Crippen LogP contribution >= 0.6 is 15.9 Å². The van der Waals surface area contributed by atoms with Crippen LogP contribution in [-0.4, -0.2) is 6.54 Å². The standard InChI is InChI=1S/C14H18BrF2N/c1-9(2)14(5-6-14)8-18-7-10-12(16)4-3-11(15)13(10)17/h3-4,9,18H,5-8H2,1-2H3. The maximum Gasteiger partial charge on any atom is 0.144 e. The second-order valence-corrected chi connectivity index (χ2v) is 6.30. The molecule has 0 saturated heterocycles. The molecule has 1 aromatic rings. The summed E-state index contributed by atoms with van der Waals surface area (Å²) in [6.45, 7) is 5.48. The lowest BCUT2D eigenvalue weighted by Crippen LogP contribution is -2.28. The molecule has 0 unspecified atom stereocenters. The molecule has 1 fully saturated rings. The monoisotopic (exact) mass is 317 g/mol. The molecule has 0 heterocycles. The van der Waals surface area contributed by atoms with Crippen LogP contribution in [0.15, 0.2) is 16.6 Å². The summed E-state index contributed by atoms with van der Waals surface area (Å²) in [4.78, 5) is 0. The van der Waals surface area contributed by atoms with E-state index in [0.29, 0.717) is 15.8 Å². The molecular weight excluding hydrogens is 300 g/mol. The zero-order valence-electron chi connectivity index (χ0n) is 10.7. The highest BCUT2D eigenvalue weighted by molar-refractivity contribution is 9.10. The normalized spacial score (nSPS) is 17.2. The van der Waals surface area contributed by atoms with Crippen LogP contribution in [0.5, 0.6) is 0 Å². The zero-order valence-corrected chi connectivity index (χ0v) is 12.3. The van der Waals surface area contributed by atoms with Crippen molar-refractivity contribution < 1.29 is 8.78 Å². The molecule has 18 heavy (non-hydrogen) atoms. The molecule has 1 saturated carbocycles. The minimum Gasteiger partial charge on any atom is -0.312 e. The van der Waals surface area contributed by atoms with Crippen molar-refractivity contribution in [2.45, 2.75) is 33.2 Å². The first kappa shape index (κ1) is 13.9. The zero-order chi connectivity index (χ0) is 13.3. The Bertz CT molecular complexity index is 442. The van der Waals surface area contributed by atoms with Gasteiger partial charge in [0.1, 0.15) is 11.6 Å². The van der Waals surface area contributed by atoms with Crippen molar-refractivity contribution >= 4 is 15.9 Å². The number of nitrogens with one attached hydrogen (secondary N) is 1. The predicted octanol–water partition coefficient (Wildman–Crippen LogP) is 4.25. The van der Waals surface area contributed by atoms with Crippen molar-refractivity contribution in [3.8, 4) is 0 Å². The van der Waals surface area contributed by atoms with Gasteiger partial charge in [-0.15, -0.1) is 0 Å². The van der Waals surface area contributed by atoms with Gasteiger partial charge in [0.05, 0.1) is 4.47 Å². The maximum absolute atomic E-state index is 13.7. The van der Waals surface area contributed by atoms with Crippen molar-refractivity contribution in [2.75, 3.05) is 6.54 Å². The summed E-state index contributed by atoms with van der Waals surface area (Å²) < 4.78 is 27.6. The third-order valence-electron chi connectivity index (χ3n) is 4.03. The van der Waals surface area contributed by atoms with Crippen LogP contribution in [-0.2, 0) is 6.54 Å². The van der Waals surface area contributed by atoms with Gasteiger partial charge in [0.25, 0.3) is 0 Å². The van der Waals surface area contributed by atoms with E-state index in [0.717, 1.165) is 6.54 Å². The number of benzene rings is 1. The summed E-state index contributed by atoms with van der Waals surface area (Å²) in [6.07, 6.45) is 2.42. The highest BCUT2D eigenvalue weighted by atomic mass is 79.9. The topological polar surface area (TPSA) is 12.0 Å². The lowest BCUT2D eigenvalue weighted by Gasteiger charge is -2.20. The van der Waals surface area contributed by atoms with Crippen molar-refractivity contribution in [3.05, 3.63) is 33.8 Å². The minimum atomic E-state index is -0.503. The van der Waals surface area contributed by atoms with E-state index < -0.39 is 11.6 Å². The van der Waals surface area contributed by atoms with E-state index in [-0.39, 0.29) is 12.1 Å². The molecule has 1 aliphatic rings. The molecule has 0 aliphatic heterocycles. The smallest absolute Gasteiger partial charge is 0.144 e. The number of hydrogen-bond donors (Lipinski definition) is 1. The Balaban J connectivity index is 1.97. The first-order chi connectivity index (χ1) is 8.46. The van der Waals surface area contributed by atoms with Crippen molar-refractivity contribution in [2.24, 2.45) is 11.3 Å². The highest BCUT2D eigenvalue weighted by Gasteiger charge is 2.44. The molecule has 0 bridgehead atoms. The molecule has 0 radical (unpaired) electrons. The van der Waals surface area contributed by atoms with E-state index in [1.54, 1.807) is 0 Å². The molecule has 2 rings (SSSR count). The molecule has 4 heteroatoms. The third-order valence-corrected chi connectivity index (χ3v) is 4.65. The molecular formula is C14H18BrF2N. The van der Waals surface area contributed by atoms with Gasteiger partial charge in [-0.25, -0.2) is 8.78 Å². The Morgan fingerprint density at radius 1 is 1.33 bits per heavy atom. The maximum atomic E-state index is 13.7. The fraction of sp³-hybridized carbons (Fsp3) is 0.571. The van der Waals surface area contributed by atoms with Crippen LogP contribution in [0.1, 0.15) is 32.3 Å². The number of halogens is 3. The van der Waals surface area contributed by atoms with E-state index in [1.165, 1.54) is 25.0 Å². The fourth-order valence-corrected chi connectivity index (χ4v) is 2.66. The molecule has 1 aromatic carbocycles. The average Bonchev–Trinajstić information content (AvgIpc) is 3.10. The van der Waals surface area contributed by atoms with Gasteiger partial charge in [0, 0.05) is 18.7 Å². The molecule has 100 valence electrons. The van der Waals surface area contributed by atoms with E-state index in [9.17, 15) is 8.78 Å². The van der Waals surface area contributed by atoms with Gasteiger partial charge in [-0.05, 0) is 52.2 Å². The molecule has 0 spiro atoms. The minimum absolute atomic E-state index is 0.115. The van der Waals surface area contributed by atoms with E-state index >= 15 is 0 Å². The van der Waals surface area contributed by atoms with E-state index in [1.807, 2.05) is 0 Å². The summed E-state index contributed by atoms with van der Waals surface area (Å²) in [6, 6.07) is 2.68. The number of hydrogen-bond acceptors (Lipinski definition) is 1. The molecule has 0 atom stereocenters. The van der Waals surface area contributed by atoms with Gasteiger partial charge in [-0.2, -0.15) is 0 Å². The summed E-state index contributed by atoms with van der Waals surface area (Å²) >= 11 is 3.08. The van der Waals surface area contributed by atoms with Crippen LogP contribution < -0.4 is 5.32 Å².